The lowest BCUT2D eigenvalue weighted by atomic mass is 9.94. The lowest BCUT2D eigenvalue weighted by molar-refractivity contribution is 0.124. The highest BCUT2D eigenvalue weighted by Gasteiger charge is 2.30. The fraction of sp³-hybridized carbons (Fsp3) is 1.00. The maximum absolute atomic E-state index is 3.71. The summed E-state index contributed by atoms with van der Waals surface area (Å²) in [6.45, 7) is 15.4. The van der Waals surface area contributed by atoms with Gasteiger partial charge in [0, 0.05) is 18.1 Å². The molecule has 0 saturated carbocycles. The summed E-state index contributed by atoms with van der Waals surface area (Å²) in [5.41, 5.74) is 0.318. The molecule has 1 heterocycles. The molecule has 2 heteroatoms. The molecule has 0 amide bonds. The molecule has 2 nitrogen and oxygen atoms in total. The van der Waals surface area contributed by atoms with Crippen LogP contribution in [-0.4, -0.2) is 36.1 Å². The summed E-state index contributed by atoms with van der Waals surface area (Å²) < 4.78 is 0. The van der Waals surface area contributed by atoms with Gasteiger partial charge in [0.1, 0.15) is 0 Å². The normalized spacial score (nSPS) is 30.4. The van der Waals surface area contributed by atoms with Crippen LogP contribution in [0.2, 0.25) is 0 Å². The summed E-state index contributed by atoms with van der Waals surface area (Å²) >= 11 is 0. The predicted molar refractivity (Wildman–Crippen MR) is 71.8 cm³/mol. The first-order chi connectivity index (χ1) is 7.52. The van der Waals surface area contributed by atoms with Gasteiger partial charge in [-0.25, -0.2) is 0 Å². The molecule has 16 heavy (non-hydrogen) atoms. The second-order valence-corrected chi connectivity index (χ2v) is 5.88. The average molecular weight is 226 g/mol. The third kappa shape index (κ3) is 3.46. The minimum Gasteiger partial charge on any atom is -0.310 e. The fourth-order valence-electron chi connectivity index (χ4n) is 2.93. The molecule has 96 valence electrons. The van der Waals surface area contributed by atoms with Crippen molar-refractivity contribution in [3.8, 4) is 0 Å². The largest absolute Gasteiger partial charge is 0.310 e. The molecule has 0 aliphatic carbocycles. The molecule has 2 unspecified atom stereocenters. The van der Waals surface area contributed by atoms with Crippen LogP contribution in [0.15, 0.2) is 0 Å². The highest BCUT2D eigenvalue weighted by Crippen LogP contribution is 2.21. The molecule has 1 saturated heterocycles. The minimum absolute atomic E-state index is 0.318. The topological polar surface area (TPSA) is 15.3 Å². The van der Waals surface area contributed by atoms with Crippen molar-refractivity contribution in [2.75, 3.05) is 19.6 Å². The Kier molecular flexibility index (Phi) is 5.26. The molecule has 0 aromatic heterocycles. The number of nitrogens with zero attached hydrogens (tertiary/aromatic N) is 1. The van der Waals surface area contributed by atoms with Crippen molar-refractivity contribution in [1.29, 1.82) is 0 Å². The van der Waals surface area contributed by atoms with Gasteiger partial charge in [-0.2, -0.15) is 0 Å². The van der Waals surface area contributed by atoms with E-state index in [-0.39, 0.29) is 0 Å². The Morgan fingerprint density at radius 3 is 2.50 bits per heavy atom. The molecule has 0 bridgehead atoms. The van der Waals surface area contributed by atoms with E-state index in [1.807, 2.05) is 0 Å². The van der Waals surface area contributed by atoms with Gasteiger partial charge in [-0.15, -0.1) is 0 Å². The number of hydrogen-bond donors (Lipinski definition) is 1. The van der Waals surface area contributed by atoms with Crippen LogP contribution in [0.5, 0.6) is 0 Å². The van der Waals surface area contributed by atoms with Crippen LogP contribution in [0.25, 0.3) is 0 Å². The van der Waals surface area contributed by atoms with Crippen LogP contribution in [0.3, 0.4) is 0 Å². The molecule has 0 aromatic rings. The summed E-state index contributed by atoms with van der Waals surface area (Å²) in [4.78, 5) is 2.72. The molecule has 2 atom stereocenters. The Bertz CT molecular complexity index is 203. The van der Waals surface area contributed by atoms with E-state index < -0.39 is 0 Å². The SMILES string of the molecule is CCC(C(C)C)N1CCCNC(C)(CC)C1. The van der Waals surface area contributed by atoms with Crippen molar-refractivity contribution in [1.82, 2.24) is 10.2 Å². The molecule has 1 N–H and O–H groups in total. The van der Waals surface area contributed by atoms with Gasteiger partial charge in [-0.05, 0) is 45.2 Å². The fourth-order valence-corrected chi connectivity index (χ4v) is 2.93. The molecule has 0 aromatic carbocycles. The number of nitrogens with one attached hydrogen (secondary N) is 1. The highest BCUT2D eigenvalue weighted by atomic mass is 15.2. The Balaban J connectivity index is 2.70. The standard InChI is InChI=1S/C14H30N2/c1-6-13(12(3)4)16-10-8-9-15-14(5,7-2)11-16/h12-13,15H,6-11H2,1-5H3. The van der Waals surface area contributed by atoms with Crippen LogP contribution < -0.4 is 5.32 Å². The highest BCUT2D eigenvalue weighted by molar-refractivity contribution is 4.90. The van der Waals surface area contributed by atoms with E-state index in [1.54, 1.807) is 0 Å². The van der Waals surface area contributed by atoms with E-state index >= 15 is 0 Å². The van der Waals surface area contributed by atoms with Crippen molar-refractivity contribution in [2.24, 2.45) is 5.92 Å². The molecule has 1 aliphatic heterocycles. The Hall–Kier alpha value is -0.0800. The molecule has 0 spiro atoms. The van der Waals surface area contributed by atoms with E-state index in [0.717, 1.165) is 12.0 Å². The van der Waals surface area contributed by atoms with Gasteiger partial charge in [0.25, 0.3) is 0 Å². The van der Waals surface area contributed by atoms with Crippen molar-refractivity contribution in [2.45, 2.75) is 65.5 Å². The van der Waals surface area contributed by atoms with Gasteiger partial charge >= 0.3 is 0 Å². The zero-order chi connectivity index (χ0) is 12.2. The molecular weight excluding hydrogens is 196 g/mol. The molecular formula is C14H30N2. The number of rotatable bonds is 4. The third-order valence-corrected chi connectivity index (χ3v) is 4.16. The molecule has 1 aliphatic rings. The summed E-state index contributed by atoms with van der Waals surface area (Å²) in [6, 6.07) is 0.755. The van der Waals surface area contributed by atoms with Crippen LogP contribution in [0.4, 0.5) is 0 Å². The van der Waals surface area contributed by atoms with Gasteiger partial charge in [0.15, 0.2) is 0 Å². The van der Waals surface area contributed by atoms with Gasteiger partial charge in [-0.3, -0.25) is 4.90 Å². The van der Waals surface area contributed by atoms with Crippen molar-refractivity contribution in [3.63, 3.8) is 0 Å². The van der Waals surface area contributed by atoms with Crippen LogP contribution in [-0.2, 0) is 0 Å². The lowest BCUT2D eigenvalue weighted by Crippen LogP contribution is -2.51. The molecule has 1 fully saturated rings. The zero-order valence-electron chi connectivity index (χ0n) is 11.8. The maximum Gasteiger partial charge on any atom is 0.0277 e. The number of hydrogen-bond acceptors (Lipinski definition) is 2. The minimum atomic E-state index is 0.318. The Morgan fingerprint density at radius 2 is 2.00 bits per heavy atom. The second kappa shape index (κ2) is 6.02. The van der Waals surface area contributed by atoms with E-state index in [1.165, 1.54) is 38.9 Å². The van der Waals surface area contributed by atoms with E-state index in [4.69, 9.17) is 0 Å². The quantitative estimate of drug-likeness (QED) is 0.793. The smallest absolute Gasteiger partial charge is 0.0277 e. The monoisotopic (exact) mass is 226 g/mol. The van der Waals surface area contributed by atoms with Crippen LogP contribution >= 0.6 is 0 Å². The predicted octanol–water partition coefficient (Wildman–Crippen LogP) is 2.89. The summed E-state index contributed by atoms with van der Waals surface area (Å²) in [7, 11) is 0. The lowest BCUT2D eigenvalue weighted by Gasteiger charge is -2.38. The van der Waals surface area contributed by atoms with Crippen LogP contribution in [0.1, 0.15) is 53.9 Å². The first-order valence-corrected chi connectivity index (χ1v) is 7.01. The molecule has 0 radical (unpaired) electrons. The van der Waals surface area contributed by atoms with Gasteiger partial charge in [0.2, 0.25) is 0 Å². The second-order valence-electron chi connectivity index (χ2n) is 5.88. The third-order valence-electron chi connectivity index (χ3n) is 4.16. The van der Waals surface area contributed by atoms with Gasteiger partial charge < -0.3 is 5.32 Å². The summed E-state index contributed by atoms with van der Waals surface area (Å²) in [5, 5.41) is 3.71. The van der Waals surface area contributed by atoms with Crippen LogP contribution in [0, 0.1) is 5.92 Å². The van der Waals surface area contributed by atoms with Gasteiger partial charge in [-0.1, -0.05) is 27.7 Å². The van der Waals surface area contributed by atoms with E-state index in [2.05, 4.69) is 44.8 Å². The zero-order valence-corrected chi connectivity index (χ0v) is 11.8. The van der Waals surface area contributed by atoms with E-state index in [0.29, 0.717) is 5.54 Å². The van der Waals surface area contributed by atoms with Crippen molar-refractivity contribution < 1.29 is 0 Å². The average Bonchev–Trinajstić information content (AvgIpc) is 2.42. The summed E-state index contributed by atoms with van der Waals surface area (Å²) in [5.74, 6) is 0.768. The van der Waals surface area contributed by atoms with E-state index in [9.17, 15) is 0 Å². The molecule has 1 rings (SSSR count). The van der Waals surface area contributed by atoms with Crippen molar-refractivity contribution in [3.05, 3.63) is 0 Å². The maximum atomic E-state index is 3.71. The Labute approximate surface area is 102 Å². The first-order valence-electron chi connectivity index (χ1n) is 7.01. The Morgan fingerprint density at radius 1 is 1.31 bits per heavy atom. The van der Waals surface area contributed by atoms with Gasteiger partial charge in [0.05, 0.1) is 0 Å². The van der Waals surface area contributed by atoms with Crippen molar-refractivity contribution >= 4 is 0 Å². The summed E-state index contributed by atoms with van der Waals surface area (Å²) in [6.07, 6.45) is 3.79. The first kappa shape index (κ1) is 14.0.